The lowest BCUT2D eigenvalue weighted by Crippen LogP contribution is -2.34. The van der Waals surface area contributed by atoms with Gasteiger partial charge in [-0.05, 0) is 42.8 Å². The average molecular weight is 496 g/mol. The van der Waals surface area contributed by atoms with Crippen LogP contribution in [0.15, 0.2) is 101 Å². The number of esters is 1. The molecule has 158 valence electrons. The van der Waals surface area contributed by atoms with Gasteiger partial charge in [-0.25, -0.2) is 9.46 Å². The van der Waals surface area contributed by atoms with E-state index in [1.165, 1.54) is 0 Å². The number of rotatable bonds is 6. The van der Waals surface area contributed by atoms with Gasteiger partial charge in [0.05, 0.1) is 18.2 Å². The van der Waals surface area contributed by atoms with Crippen LogP contribution in [0.2, 0.25) is 0 Å². The average Bonchev–Trinajstić information content (AvgIpc) is 3.26. The molecule has 0 aromatic heterocycles. The summed E-state index contributed by atoms with van der Waals surface area (Å²) in [5.41, 5.74) is 1.40. The largest absolute Gasteiger partial charge is 0.463 e. The van der Waals surface area contributed by atoms with Crippen LogP contribution in [-0.4, -0.2) is 23.8 Å². The quantitative estimate of drug-likeness (QED) is 0.347. The first-order valence-electron chi connectivity index (χ1n) is 10.2. The van der Waals surface area contributed by atoms with Crippen LogP contribution in [0.5, 0.6) is 0 Å². The maximum absolute atomic E-state index is 15.0. The van der Waals surface area contributed by atoms with Crippen LogP contribution in [0.25, 0.3) is 0 Å². The Hall–Kier alpha value is -2.46. The Bertz CT molecular complexity index is 1100. The molecule has 0 fully saturated rings. The summed E-state index contributed by atoms with van der Waals surface area (Å²) in [7, 11) is -3.26. The Morgan fingerprint density at radius 3 is 2.06 bits per heavy atom. The van der Waals surface area contributed by atoms with Gasteiger partial charge in [0.1, 0.15) is 0 Å². The Labute approximate surface area is 191 Å². The van der Waals surface area contributed by atoms with E-state index in [0.29, 0.717) is 12.1 Å². The molecule has 31 heavy (non-hydrogen) atoms. The van der Waals surface area contributed by atoms with Crippen LogP contribution in [0.4, 0.5) is 0 Å². The van der Waals surface area contributed by atoms with E-state index in [2.05, 4.69) is 15.9 Å². The maximum atomic E-state index is 15.0. The first-order chi connectivity index (χ1) is 15.1. The Kier molecular flexibility index (Phi) is 6.57. The Morgan fingerprint density at radius 2 is 1.52 bits per heavy atom. The molecular weight excluding hydrogens is 473 g/mol. The van der Waals surface area contributed by atoms with E-state index in [9.17, 15) is 9.36 Å². The molecule has 1 atom stereocenters. The highest BCUT2D eigenvalue weighted by Gasteiger charge is 2.45. The second-order valence-corrected chi connectivity index (χ2v) is 10.7. The van der Waals surface area contributed by atoms with Crippen molar-refractivity contribution in [2.45, 2.75) is 13.0 Å². The number of benzene rings is 3. The lowest BCUT2D eigenvalue weighted by atomic mass is 10.0. The zero-order valence-corrected chi connectivity index (χ0v) is 19.6. The minimum atomic E-state index is -3.26. The van der Waals surface area contributed by atoms with Crippen LogP contribution in [0.3, 0.4) is 0 Å². The summed E-state index contributed by atoms with van der Waals surface area (Å²) < 4.78 is 23.1. The number of hydrogen-bond acceptors (Lipinski definition) is 3. The number of hydrogen-bond donors (Lipinski definition) is 0. The normalized spacial score (nSPS) is 16.7. The van der Waals surface area contributed by atoms with Crippen molar-refractivity contribution in [3.05, 3.63) is 107 Å². The van der Waals surface area contributed by atoms with E-state index in [1.54, 1.807) is 6.92 Å². The molecule has 0 saturated heterocycles. The van der Waals surface area contributed by atoms with Gasteiger partial charge in [0.25, 0.3) is 0 Å². The zero-order chi connectivity index (χ0) is 21.8. The summed E-state index contributed by atoms with van der Waals surface area (Å²) in [5.74, 6) is -0.376. The molecule has 0 N–H and O–H groups in total. The molecule has 0 radical (unpaired) electrons. The van der Waals surface area contributed by atoms with Gasteiger partial charge >= 0.3 is 5.97 Å². The lowest BCUT2D eigenvalue weighted by molar-refractivity contribution is -0.138. The highest BCUT2D eigenvalue weighted by molar-refractivity contribution is 9.10. The SMILES string of the molecule is CCOC(=O)C1=CCN(P(=O)(c2ccccc2)c2ccccc2)[C@H]1c1ccccc1Br. The third-order valence-corrected chi connectivity index (χ3v) is 9.21. The standard InChI is InChI=1S/C25H23BrNO3P/c1-2-30-25(28)22-17-18-27(24(22)21-15-9-10-16-23(21)26)31(29,19-11-5-3-6-12-19)20-13-7-4-8-14-20/h3-17,24H,2,18H2,1H3/t24-/m0/s1. The van der Waals surface area contributed by atoms with Gasteiger partial charge in [-0.3, -0.25) is 4.57 Å². The van der Waals surface area contributed by atoms with Crippen molar-refractivity contribution in [1.29, 1.82) is 0 Å². The number of ether oxygens (including phenoxy) is 1. The van der Waals surface area contributed by atoms with Crippen LogP contribution >= 0.6 is 23.2 Å². The molecule has 0 amide bonds. The van der Waals surface area contributed by atoms with Crippen molar-refractivity contribution in [1.82, 2.24) is 4.67 Å². The van der Waals surface area contributed by atoms with Gasteiger partial charge in [-0.2, -0.15) is 0 Å². The molecule has 1 aliphatic heterocycles. The summed E-state index contributed by atoms with van der Waals surface area (Å²) >= 11 is 3.63. The summed E-state index contributed by atoms with van der Waals surface area (Å²) in [6, 6.07) is 26.2. The molecule has 0 saturated carbocycles. The zero-order valence-electron chi connectivity index (χ0n) is 17.1. The summed E-state index contributed by atoms with van der Waals surface area (Å²) in [6.07, 6.45) is 1.85. The molecule has 3 aromatic rings. The third-order valence-electron chi connectivity index (χ3n) is 5.38. The molecule has 1 aliphatic rings. The summed E-state index contributed by atoms with van der Waals surface area (Å²) in [5, 5.41) is 1.47. The maximum Gasteiger partial charge on any atom is 0.335 e. The predicted octanol–water partition coefficient (Wildman–Crippen LogP) is 5.22. The van der Waals surface area contributed by atoms with Crippen molar-refractivity contribution < 1.29 is 14.1 Å². The second kappa shape index (κ2) is 9.35. The molecule has 0 aliphatic carbocycles. The van der Waals surface area contributed by atoms with Gasteiger partial charge < -0.3 is 4.74 Å². The van der Waals surface area contributed by atoms with E-state index in [1.807, 2.05) is 95.7 Å². The second-order valence-electron chi connectivity index (χ2n) is 7.17. The van der Waals surface area contributed by atoms with Crippen molar-refractivity contribution in [3.8, 4) is 0 Å². The summed E-state index contributed by atoms with van der Waals surface area (Å²) in [4.78, 5) is 12.9. The van der Waals surface area contributed by atoms with E-state index >= 15 is 0 Å². The van der Waals surface area contributed by atoms with Crippen molar-refractivity contribution in [3.63, 3.8) is 0 Å². The Morgan fingerprint density at radius 1 is 0.968 bits per heavy atom. The summed E-state index contributed by atoms with van der Waals surface area (Å²) in [6.45, 7) is 2.45. The molecule has 6 heteroatoms. The van der Waals surface area contributed by atoms with Gasteiger partial charge in [-0.15, -0.1) is 0 Å². The van der Waals surface area contributed by atoms with Crippen LogP contribution in [0.1, 0.15) is 18.5 Å². The van der Waals surface area contributed by atoms with E-state index in [-0.39, 0.29) is 12.6 Å². The van der Waals surface area contributed by atoms with Crippen LogP contribution in [0, 0.1) is 0 Å². The van der Waals surface area contributed by atoms with E-state index < -0.39 is 13.3 Å². The topological polar surface area (TPSA) is 46.6 Å². The number of nitrogens with zero attached hydrogens (tertiary/aromatic N) is 1. The molecular formula is C25H23BrNO3P. The monoisotopic (exact) mass is 495 g/mol. The van der Waals surface area contributed by atoms with Crippen molar-refractivity contribution in [2.75, 3.05) is 13.2 Å². The first kappa shape index (κ1) is 21.8. The van der Waals surface area contributed by atoms with E-state index in [0.717, 1.165) is 20.6 Å². The molecule has 0 spiro atoms. The van der Waals surface area contributed by atoms with Crippen molar-refractivity contribution >= 4 is 39.8 Å². The van der Waals surface area contributed by atoms with Crippen molar-refractivity contribution in [2.24, 2.45) is 0 Å². The minimum absolute atomic E-state index is 0.286. The van der Waals surface area contributed by atoms with Gasteiger partial charge in [-0.1, -0.05) is 76.6 Å². The molecule has 0 unspecified atom stereocenters. The smallest absolute Gasteiger partial charge is 0.335 e. The third kappa shape index (κ3) is 4.06. The fourth-order valence-corrected chi connectivity index (χ4v) is 7.42. The molecule has 3 aromatic carbocycles. The first-order valence-corrected chi connectivity index (χ1v) is 12.6. The number of carbonyl (C=O) groups is 1. The number of carbonyl (C=O) groups excluding carboxylic acids is 1. The van der Waals surface area contributed by atoms with E-state index in [4.69, 9.17) is 4.74 Å². The van der Waals surface area contributed by atoms with Gasteiger partial charge in [0, 0.05) is 21.6 Å². The fourth-order valence-electron chi connectivity index (χ4n) is 3.99. The molecule has 4 nitrogen and oxygen atoms in total. The van der Waals surface area contributed by atoms with Gasteiger partial charge in [0.2, 0.25) is 7.29 Å². The fraction of sp³-hybridized carbons (Fsp3) is 0.160. The van der Waals surface area contributed by atoms with Crippen LogP contribution < -0.4 is 10.6 Å². The molecule has 1 heterocycles. The van der Waals surface area contributed by atoms with Crippen LogP contribution in [-0.2, 0) is 14.1 Å². The molecule has 4 rings (SSSR count). The molecule has 0 bridgehead atoms. The minimum Gasteiger partial charge on any atom is -0.463 e. The highest BCUT2D eigenvalue weighted by atomic mass is 79.9. The predicted molar refractivity (Wildman–Crippen MR) is 128 cm³/mol. The number of halogens is 1. The Balaban J connectivity index is 1.91. The lowest BCUT2D eigenvalue weighted by Gasteiger charge is -2.35. The van der Waals surface area contributed by atoms with Gasteiger partial charge in [0.15, 0.2) is 0 Å². The highest BCUT2D eigenvalue weighted by Crippen LogP contribution is 2.56.